The van der Waals surface area contributed by atoms with Crippen molar-refractivity contribution < 1.29 is 9.21 Å². The number of hydrogen-bond donors (Lipinski definition) is 0. The SMILES string of the molecule is Cc1c(C(=O)Cl)oc2c(Cl)cccc12. The van der Waals surface area contributed by atoms with E-state index < -0.39 is 5.24 Å². The van der Waals surface area contributed by atoms with Crippen LogP contribution in [0.2, 0.25) is 5.02 Å². The number of rotatable bonds is 1. The van der Waals surface area contributed by atoms with E-state index in [0.29, 0.717) is 10.6 Å². The van der Waals surface area contributed by atoms with Crippen LogP contribution in [0.25, 0.3) is 11.0 Å². The van der Waals surface area contributed by atoms with E-state index in [1.54, 1.807) is 19.1 Å². The van der Waals surface area contributed by atoms with E-state index in [1.165, 1.54) is 0 Å². The number of carbonyl (C=O) groups excluding carboxylic acids is 1. The maximum atomic E-state index is 11.0. The van der Waals surface area contributed by atoms with Crippen LogP contribution in [0.1, 0.15) is 16.1 Å². The summed E-state index contributed by atoms with van der Waals surface area (Å²) in [6.07, 6.45) is 0. The Morgan fingerprint density at radius 1 is 1.43 bits per heavy atom. The van der Waals surface area contributed by atoms with Gasteiger partial charge in [-0.3, -0.25) is 4.79 Å². The fraction of sp³-hybridized carbons (Fsp3) is 0.100. The molecule has 0 fully saturated rings. The van der Waals surface area contributed by atoms with Crippen molar-refractivity contribution in [1.29, 1.82) is 0 Å². The molecule has 0 aliphatic carbocycles. The summed E-state index contributed by atoms with van der Waals surface area (Å²) in [6, 6.07) is 5.34. The van der Waals surface area contributed by atoms with Gasteiger partial charge in [-0.15, -0.1) is 0 Å². The molecule has 4 heteroatoms. The molecule has 0 amide bonds. The van der Waals surface area contributed by atoms with Crippen LogP contribution in [0.15, 0.2) is 22.6 Å². The zero-order chi connectivity index (χ0) is 10.3. The first-order valence-electron chi connectivity index (χ1n) is 3.98. The lowest BCUT2D eigenvalue weighted by molar-refractivity contribution is 0.105. The third-order valence-electron chi connectivity index (χ3n) is 2.09. The average molecular weight is 229 g/mol. The summed E-state index contributed by atoms with van der Waals surface area (Å²) in [4.78, 5) is 11.0. The number of benzene rings is 1. The van der Waals surface area contributed by atoms with Crippen LogP contribution in [-0.2, 0) is 0 Å². The minimum Gasteiger partial charge on any atom is -0.450 e. The molecule has 1 heterocycles. The van der Waals surface area contributed by atoms with Crippen LogP contribution in [0.4, 0.5) is 0 Å². The standard InChI is InChI=1S/C10H6Cl2O2/c1-5-6-3-2-4-7(11)9(6)14-8(5)10(12)13/h2-4H,1H3. The van der Waals surface area contributed by atoms with Crippen molar-refractivity contribution in [3.63, 3.8) is 0 Å². The van der Waals surface area contributed by atoms with Crippen molar-refractivity contribution in [3.8, 4) is 0 Å². The Morgan fingerprint density at radius 3 is 2.71 bits per heavy atom. The van der Waals surface area contributed by atoms with Gasteiger partial charge in [-0.05, 0) is 24.6 Å². The van der Waals surface area contributed by atoms with Gasteiger partial charge in [0.25, 0.3) is 5.24 Å². The number of carbonyl (C=O) groups is 1. The van der Waals surface area contributed by atoms with Gasteiger partial charge in [-0.2, -0.15) is 0 Å². The predicted octanol–water partition coefficient (Wildman–Crippen LogP) is 3.77. The fourth-order valence-corrected chi connectivity index (χ4v) is 1.79. The molecule has 2 rings (SSSR count). The van der Waals surface area contributed by atoms with E-state index in [-0.39, 0.29) is 5.76 Å². The number of para-hydroxylation sites is 1. The molecular formula is C10H6Cl2O2. The molecule has 0 aliphatic heterocycles. The van der Waals surface area contributed by atoms with Crippen LogP contribution in [0.3, 0.4) is 0 Å². The van der Waals surface area contributed by atoms with Crippen molar-refractivity contribution >= 4 is 39.4 Å². The summed E-state index contributed by atoms with van der Waals surface area (Å²) in [5.74, 6) is 0.162. The van der Waals surface area contributed by atoms with Crippen molar-refractivity contribution in [2.45, 2.75) is 6.92 Å². The largest absolute Gasteiger partial charge is 0.450 e. The minimum atomic E-state index is -0.602. The van der Waals surface area contributed by atoms with Crippen LogP contribution in [0, 0.1) is 6.92 Å². The molecule has 0 aliphatic rings. The van der Waals surface area contributed by atoms with E-state index in [0.717, 1.165) is 10.9 Å². The topological polar surface area (TPSA) is 30.2 Å². The Hall–Kier alpha value is -0.990. The fourth-order valence-electron chi connectivity index (χ4n) is 1.40. The Balaban J connectivity index is 2.86. The highest BCUT2D eigenvalue weighted by Crippen LogP contribution is 2.31. The number of fused-ring (bicyclic) bond motifs is 1. The Morgan fingerprint density at radius 2 is 2.14 bits per heavy atom. The van der Waals surface area contributed by atoms with Crippen LogP contribution in [0.5, 0.6) is 0 Å². The van der Waals surface area contributed by atoms with Gasteiger partial charge in [-0.25, -0.2) is 0 Å². The summed E-state index contributed by atoms with van der Waals surface area (Å²) >= 11 is 11.3. The van der Waals surface area contributed by atoms with Crippen molar-refractivity contribution in [3.05, 3.63) is 34.5 Å². The minimum absolute atomic E-state index is 0.162. The number of furan rings is 1. The predicted molar refractivity (Wildman–Crippen MR) is 56.1 cm³/mol. The van der Waals surface area contributed by atoms with Gasteiger partial charge in [0.2, 0.25) is 0 Å². The van der Waals surface area contributed by atoms with Crippen molar-refractivity contribution in [1.82, 2.24) is 0 Å². The summed E-state index contributed by atoms with van der Waals surface area (Å²) < 4.78 is 5.28. The smallest absolute Gasteiger partial charge is 0.288 e. The molecule has 0 saturated heterocycles. The average Bonchev–Trinajstić information content (AvgIpc) is 2.46. The molecule has 0 saturated carbocycles. The first-order chi connectivity index (χ1) is 6.61. The zero-order valence-corrected chi connectivity index (χ0v) is 8.82. The number of aryl methyl sites for hydroxylation is 1. The molecule has 2 nitrogen and oxygen atoms in total. The van der Waals surface area contributed by atoms with Gasteiger partial charge < -0.3 is 4.42 Å². The van der Waals surface area contributed by atoms with Crippen LogP contribution in [-0.4, -0.2) is 5.24 Å². The third kappa shape index (κ3) is 1.31. The van der Waals surface area contributed by atoms with Crippen LogP contribution < -0.4 is 0 Å². The highest BCUT2D eigenvalue weighted by molar-refractivity contribution is 6.67. The summed E-state index contributed by atoms with van der Waals surface area (Å²) in [7, 11) is 0. The summed E-state index contributed by atoms with van der Waals surface area (Å²) in [5.41, 5.74) is 1.23. The molecule has 0 bridgehead atoms. The second-order valence-corrected chi connectivity index (χ2v) is 3.70. The summed E-state index contributed by atoms with van der Waals surface area (Å²) in [5, 5.41) is 0.700. The molecule has 0 atom stereocenters. The number of halogens is 2. The highest BCUT2D eigenvalue weighted by atomic mass is 35.5. The maximum absolute atomic E-state index is 11.0. The molecule has 1 aromatic carbocycles. The molecule has 1 aromatic heterocycles. The number of hydrogen-bond acceptors (Lipinski definition) is 2. The first kappa shape index (κ1) is 9.56. The second kappa shape index (κ2) is 3.30. The Labute approximate surface area is 90.4 Å². The highest BCUT2D eigenvalue weighted by Gasteiger charge is 2.16. The molecule has 14 heavy (non-hydrogen) atoms. The molecule has 0 unspecified atom stereocenters. The van der Waals surface area contributed by atoms with Crippen molar-refractivity contribution in [2.75, 3.05) is 0 Å². The Kier molecular flexibility index (Phi) is 2.25. The van der Waals surface area contributed by atoms with Crippen molar-refractivity contribution in [2.24, 2.45) is 0 Å². The van der Waals surface area contributed by atoms with Crippen LogP contribution >= 0.6 is 23.2 Å². The molecule has 0 radical (unpaired) electrons. The van der Waals surface area contributed by atoms with E-state index in [4.69, 9.17) is 27.6 Å². The van der Waals surface area contributed by atoms with Gasteiger partial charge >= 0.3 is 0 Å². The van der Waals surface area contributed by atoms with E-state index in [2.05, 4.69) is 0 Å². The lowest BCUT2D eigenvalue weighted by Crippen LogP contribution is -1.86. The van der Waals surface area contributed by atoms with Gasteiger partial charge in [0, 0.05) is 10.9 Å². The molecule has 0 N–H and O–H groups in total. The van der Waals surface area contributed by atoms with Gasteiger partial charge in [-0.1, -0.05) is 23.7 Å². The normalized spacial score (nSPS) is 10.8. The third-order valence-corrected chi connectivity index (χ3v) is 2.56. The van der Waals surface area contributed by atoms with E-state index in [9.17, 15) is 4.79 Å². The molecule has 2 aromatic rings. The lowest BCUT2D eigenvalue weighted by atomic mass is 10.1. The van der Waals surface area contributed by atoms with E-state index in [1.807, 2.05) is 6.07 Å². The van der Waals surface area contributed by atoms with Gasteiger partial charge in [0.1, 0.15) is 0 Å². The van der Waals surface area contributed by atoms with Gasteiger partial charge in [0.05, 0.1) is 5.02 Å². The first-order valence-corrected chi connectivity index (χ1v) is 4.74. The molecular weight excluding hydrogens is 223 g/mol. The monoisotopic (exact) mass is 228 g/mol. The zero-order valence-electron chi connectivity index (χ0n) is 7.30. The lowest BCUT2D eigenvalue weighted by Gasteiger charge is -1.90. The van der Waals surface area contributed by atoms with E-state index >= 15 is 0 Å². The molecule has 72 valence electrons. The maximum Gasteiger partial charge on any atom is 0.288 e. The quantitative estimate of drug-likeness (QED) is 0.696. The molecule has 0 spiro atoms. The second-order valence-electron chi connectivity index (χ2n) is 2.95. The van der Waals surface area contributed by atoms with Gasteiger partial charge in [0.15, 0.2) is 11.3 Å². The Bertz CT molecular complexity index is 514. The summed E-state index contributed by atoms with van der Waals surface area (Å²) in [6.45, 7) is 1.78.